The molecule has 0 atom stereocenters. The van der Waals surface area contributed by atoms with Gasteiger partial charge in [-0.25, -0.2) is 9.36 Å². The van der Waals surface area contributed by atoms with Crippen LogP contribution in [0.2, 0.25) is 5.15 Å². The van der Waals surface area contributed by atoms with Crippen LogP contribution in [0.3, 0.4) is 0 Å². The molecule has 6 heteroatoms. The highest BCUT2D eigenvalue weighted by Gasteiger charge is 2.18. The van der Waals surface area contributed by atoms with Gasteiger partial charge in [-0.2, -0.15) is 0 Å². The molecule has 0 bridgehead atoms. The molecule has 0 amide bonds. The third kappa shape index (κ3) is 2.36. The molecule has 0 aliphatic rings. The molecule has 0 saturated carbocycles. The molecule has 1 heterocycles. The first kappa shape index (κ1) is 14.4. The van der Waals surface area contributed by atoms with E-state index in [-0.39, 0.29) is 11.1 Å². The zero-order valence-electron chi connectivity index (χ0n) is 11.4. The highest BCUT2D eigenvalue weighted by molar-refractivity contribution is 6.30. The number of halogens is 1. The lowest BCUT2D eigenvalue weighted by Gasteiger charge is -2.13. The Hall–Kier alpha value is -2.01. The lowest BCUT2D eigenvalue weighted by atomic mass is 10.1. The van der Waals surface area contributed by atoms with Crippen LogP contribution >= 0.6 is 11.6 Å². The van der Waals surface area contributed by atoms with Crippen molar-refractivity contribution in [3.63, 3.8) is 0 Å². The number of para-hydroxylation sites is 2. The number of benzene rings is 1. The summed E-state index contributed by atoms with van der Waals surface area (Å²) < 4.78 is 6.24. The van der Waals surface area contributed by atoms with Gasteiger partial charge < -0.3 is 4.74 Å². The summed E-state index contributed by atoms with van der Waals surface area (Å²) in [6, 6.07) is 6.83. The molecule has 0 unspecified atom stereocenters. The Labute approximate surface area is 120 Å². The lowest BCUT2D eigenvalue weighted by molar-refractivity contribution is 0.412. The Bertz CT molecular complexity index is 747. The molecule has 0 spiro atoms. The van der Waals surface area contributed by atoms with Crippen molar-refractivity contribution in [3.05, 3.63) is 55.8 Å². The average Bonchev–Trinajstić information content (AvgIpc) is 2.38. The predicted molar refractivity (Wildman–Crippen MR) is 78.3 cm³/mol. The topological polar surface area (TPSA) is 64.1 Å². The van der Waals surface area contributed by atoms with Gasteiger partial charge in [0.2, 0.25) is 0 Å². The Morgan fingerprint density at radius 1 is 1.25 bits per heavy atom. The number of H-pyrrole nitrogens is 1. The maximum Gasteiger partial charge on any atom is 0.334 e. The molecule has 0 aliphatic carbocycles. The quantitative estimate of drug-likeness (QED) is 0.884. The smallest absolute Gasteiger partial charge is 0.334 e. The summed E-state index contributed by atoms with van der Waals surface area (Å²) in [4.78, 5) is 27.1. The zero-order chi connectivity index (χ0) is 14.9. The second-order valence-electron chi connectivity index (χ2n) is 4.62. The molecule has 1 aromatic carbocycles. The average molecular weight is 295 g/mol. The van der Waals surface area contributed by atoms with E-state index in [0.717, 1.165) is 4.57 Å². The number of nitrogens with zero attached hydrogens (tertiary/aromatic N) is 1. The number of hydrogen-bond acceptors (Lipinski definition) is 3. The van der Waals surface area contributed by atoms with Crippen molar-refractivity contribution >= 4 is 11.6 Å². The largest absolute Gasteiger partial charge is 0.495 e. The van der Waals surface area contributed by atoms with Crippen molar-refractivity contribution in [3.8, 4) is 11.4 Å². The third-order valence-electron chi connectivity index (χ3n) is 2.99. The van der Waals surface area contributed by atoms with E-state index in [2.05, 4.69) is 4.98 Å². The molecule has 2 aromatic rings. The number of rotatable bonds is 3. The van der Waals surface area contributed by atoms with Gasteiger partial charge in [-0.15, -0.1) is 0 Å². The molecule has 1 N–H and O–H groups in total. The van der Waals surface area contributed by atoms with Crippen molar-refractivity contribution in [2.24, 2.45) is 0 Å². The van der Waals surface area contributed by atoms with Gasteiger partial charge >= 0.3 is 5.69 Å². The van der Waals surface area contributed by atoms with E-state index in [9.17, 15) is 9.59 Å². The van der Waals surface area contributed by atoms with Gasteiger partial charge in [-0.05, 0) is 18.1 Å². The van der Waals surface area contributed by atoms with Gasteiger partial charge in [0.1, 0.15) is 10.9 Å². The zero-order valence-corrected chi connectivity index (χ0v) is 12.2. The standard InChI is InChI=1S/C14H15ClN2O3/c1-8(2)11-12(15)16-14(19)17(13(11)18)9-6-4-5-7-10(9)20-3/h4-8H,1-3H3,(H,16,19). The Morgan fingerprint density at radius 3 is 2.50 bits per heavy atom. The van der Waals surface area contributed by atoms with E-state index in [1.165, 1.54) is 7.11 Å². The molecule has 20 heavy (non-hydrogen) atoms. The van der Waals surface area contributed by atoms with Crippen LogP contribution < -0.4 is 16.0 Å². The fourth-order valence-electron chi connectivity index (χ4n) is 2.06. The number of nitrogens with one attached hydrogen (secondary N) is 1. The predicted octanol–water partition coefficient (Wildman–Crippen LogP) is 2.31. The molecule has 106 valence electrons. The first-order valence-electron chi connectivity index (χ1n) is 6.15. The Balaban J connectivity index is 2.85. The number of ether oxygens (including phenoxy) is 1. The van der Waals surface area contributed by atoms with Gasteiger partial charge in [-0.1, -0.05) is 37.6 Å². The fourth-order valence-corrected chi connectivity index (χ4v) is 2.44. The van der Waals surface area contributed by atoms with E-state index in [1.807, 2.05) is 13.8 Å². The van der Waals surface area contributed by atoms with Crippen molar-refractivity contribution in [2.45, 2.75) is 19.8 Å². The number of hydrogen-bond donors (Lipinski definition) is 1. The van der Waals surface area contributed by atoms with E-state index in [0.29, 0.717) is 17.0 Å². The summed E-state index contributed by atoms with van der Waals surface area (Å²) in [6.45, 7) is 3.68. The summed E-state index contributed by atoms with van der Waals surface area (Å²) in [5.74, 6) is 0.338. The van der Waals surface area contributed by atoms with Crippen molar-refractivity contribution in [1.29, 1.82) is 0 Å². The van der Waals surface area contributed by atoms with Crippen LogP contribution in [0.4, 0.5) is 0 Å². The van der Waals surface area contributed by atoms with E-state index >= 15 is 0 Å². The Morgan fingerprint density at radius 2 is 1.90 bits per heavy atom. The maximum absolute atomic E-state index is 12.5. The first-order valence-corrected chi connectivity index (χ1v) is 6.53. The van der Waals surface area contributed by atoms with E-state index in [1.54, 1.807) is 24.3 Å². The highest BCUT2D eigenvalue weighted by atomic mass is 35.5. The third-order valence-corrected chi connectivity index (χ3v) is 3.29. The summed E-state index contributed by atoms with van der Waals surface area (Å²) in [5.41, 5.74) is -0.260. The van der Waals surface area contributed by atoms with Gasteiger partial charge in [0.25, 0.3) is 5.56 Å². The normalized spacial score (nSPS) is 10.8. The second-order valence-corrected chi connectivity index (χ2v) is 5.00. The SMILES string of the molecule is COc1ccccc1-n1c(=O)[nH]c(Cl)c(C(C)C)c1=O. The first-order chi connectivity index (χ1) is 9.47. The van der Waals surface area contributed by atoms with Crippen LogP contribution in [-0.4, -0.2) is 16.7 Å². The Kier molecular flexibility index (Phi) is 3.99. The van der Waals surface area contributed by atoms with Gasteiger partial charge in [0, 0.05) is 0 Å². The summed E-state index contributed by atoms with van der Waals surface area (Å²) in [7, 11) is 1.48. The van der Waals surface area contributed by atoms with Crippen LogP contribution in [0.5, 0.6) is 5.75 Å². The summed E-state index contributed by atoms with van der Waals surface area (Å²) in [6.07, 6.45) is 0. The summed E-state index contributed by atoms with van der Waals surface area (Å²) in [5, 5.41) is 0.0844. The minimum atomic E-state index is -0.589. The minimum absolute atomic E-state index is 0.0844. The molecule has 0 saturated heterocycles. The van der Waals surface area contributed by atoms with E-state index < -0.39 is 11.2 Å². The number of aromatic nitrogens is 2. The molecule has 0 aliphatic heterocycles. The molecule has 5 nitrogen and oxygen atoms in total. The van der Waals surface area contributed by atoms with Crippen molar-refractivity contribution in [1.82, 2.24) is 9.55 Å². The maximum atomic E-state index is 12.5. The van der Waals surface area contributed by atoms with Crippen molar-refractivity contribution in [2.75, 3.05) is 7.11 Å². The van der Waals surface area contributed by atoms with E-state index in [4.69, 9.17) is 16.3 Å². The second kappa shape index (κ2) is 5.54. The number of aromatic amines is 1. The van der Waals surface area contributed by atoms with Gasteiger partial charge in [0.05, 0.1) is 18.4 Å². The fraction of sp³-hybridized carbons (Fsp3) is 0.286. The van der Waals surface area contributed by atoms with Crippen molar-refractivity contribution < 1.29 is 4.74 Å². The number of methoxy groups -OCH3 is 1. The van der Waals surface area contributed by atoms with Gasteiger partial charge in [-0.3, -0.25) is 9.78 Å². The lowest BCUT2D eigenvalue weighted by Crippen LogP contribution is -2.36. The van der Waals surface area contributed by atoms with Crippen LogP contribution in [0.25, 0.3) is 5.69 Å². The molecule has 2 rings (SSSR count). The summed E-state index contributed by atoms with van der Waals surface area (Å²) >= 11 is 5.96. The van der Waals surface area contributed by atoms with Crippen LogP contribution in [0.15, 0.2) is 33.9 Å². The highest BCUT2D eigenvalue weighted by Crippen LogP contribution is 2.21. The molecule has 0 radical (unpaired) electrons. The monoisotopic (exact) mass is 294 g/mol. The van der Waals surface area contributed by atoms with Gasteiger partial charge in [0.15, 0.2) is 0 Å². The van der Waals surface area contributed by atoms with Crippen LogP contribution in [-0.2, 0) is 0 Å². The minimum Gasteiger partial charge on any atom is -0.495 e. The van der Waals surface area contributed by atoms with Crippen LogP contribution in [0, 0.1) is 0 Å². The molecule has 0 fully saturated rings. The molecular formula is C14H15ClN2O3. The molecule has 1 aromatic heterocycles. The van der Waals surface area contributed by atoms with Crippen LogP contribution in [0.1, 0.15) is 25.3 Å². The molecular weight excluding hydrogens is 280 g/mol.